The lowest BCUT2D eigenvalue weighted by molar-refractivity contribution is 0.467. The van der Waals surface area contributed by atoms with Gasteiger partial charge in [0.1, 0.15) is 11.4 Å². The number of rotatable bonds is 5. The molecule has 0 fully saturated rings. The standard InChI is InChI=1S/C17H24N2O/c1-5-6-10-15-17(20)16(19(18-15)12(2)3)14-9-7-8-13(4)11-14/h7-9,11-12,20H,5-6,10H2,1-4H3. The van der Waals surface area contributed by atoms with E-state index in [0.717, 1.165) is 36.2 Å². The van der Waals surface area contributed by atoms with E-state index >= 15 is 0 Å². The van der Waals surface area contributed by atoms with Gasteiger partial charge in [-0.05, 0) is 39.7 Å². The minimum absolute atomic E-state index is 0.229. The average molecular weight is 272 g/mol. The summed E-state index contributed by atoms with van der Waals surface area (Å²) in [4.78, 5) is 0. The molecule has 1 aromatic carbocycles. The summed E-state index contributed by atoms with van der Waals surface area (Å²) in [7, 11) is 0. The van der Waals surface area contributed by atoms with Crippen molar-refractivity contribution in [2.75, 3.05) is 0 Å². The predicted molar refractivity (Wildman–Crippen MR) is 83.1 cm³/mol. The van der Waals surface area contributed by atoms with Crippen LogP contribution in [0.5, 0.6) is 5.75 Å². The summed E-state index contributed by atoms with van der Waals surface area (Å²) in [5.41, 5.74) is 3.88. The minimum Gasteiger partial charge on any atom is -0.504 e. The molecule has 0 saturated carbocycles. The molecule has 0 unspecified atom stereocenters. The number of aromatic hydroxyl groups is 1. The van der Waals surface area contributed by atoms with E-state index in [-0.39, 0.29) is 6.04 Å². The molecular formula is C17H24N2O. The van der Waals surface area contributed by atoms with Gasteiger partial charge in [0.15, 0.2) is 5.75 Å². The normalized spacial score (nSPS) is 11.2. The van der Waals surface area contributed by atoms with Crippen LogP contribution in [0, 0.1) is 6.92 Å². The fourth-order valence-electron chi connectivity index (χ4n) is 2.42. The van der Waals surface area contributed by atoms with E-state index in [1.807, 2.05) is 16.8 Å². The molecular weight excluding hydrogens is 248 g/mol. The highest BCUT2D eigenvalue weighted by Gasteiger charge is 2.19. The first kappa shape index (κ1) is 14.6. The zero-order valence-corrected chi connectivity index (χ0v) is 12.8. The van der Waals surface area contributed by atoms with Crippen LogP contribution in [0.4, 0.5) is 0 Å². The first-order valence-corrected chi connectivity index (χ1v) is 7.42. The van der Waals surface area contributed by atoms with Crippen molar-refractivity contribution in [1.29, 1.82) is 0 Å². The monoisotopic (exact) mass is 272 g/mol. The van der Waals surface area contributed by atoms with Gasteiger partial charge in [0.2, 0.25) is 0 Å². The minimum atomic E-state index is 0.229. The van der Waals surface area contributed by atoms with Gasteiger partial charge in [-0.1, -0.05) is 37.1 Å². The summed E-state index contributed by atoms with van der Waals surface area (Å²) < 4.78 is 1.94. The second-order valence-corrected chi connectivity index (χ2v) is 5.66. The van der Waals surface area contributed by atoms with E-state index in [2.05, 4.69) is 44.9 Å². The first-order valence-electron chi connectivity index (χ1n) is 7.42. The molecule has 1 heterocycles. The highest BCUT2D eigenvalue weighted by Crippen LogP contribution is 2.35. The Bertz CT molecular complexity index is 585. The van der Waals surface area contributed by atoms with Crippen LogP contribution < -0.4 is 0 Å². The molecule has 0 aliphatic carbocycles. The van der Waals surface area contributed by atoms with Gasteiger partial charge in [0.25, 0.3) is 0 Å². The molecule has 3 heteroatoms. The molecule has 0 aliphatic heterocycles. The molecule has 0 amide bonds. The number of hydrogen-bond donors (Lipinski definition) is 1. The van der Waals surface area contributed by atoms with Gasteiger partial charge >= 0.3 is 0 Å². The number of aryl methyl sites for hydroxylation is 2. The van der Waals surface area contributed by atoms with Crippen LogP contribution in [0.3, 0.4) is 0 Å². The van der Waals surface area contributed by atoms with Crippen molar-refractivity contribution in [3.8, 4) is 17.0 Å². The molecule has 0 saturated heterocycles. The topological polar surface area (TPSA) is 38.0 Å². The van der Waals surface area contributed by atoms with Gasteiger partial charge in [0, 0.05) is 11.6 Å². The molecule has 1 N–H and O–H groups in total. The van der Waals surface area contributed by atoms with Crippen LogP contribution in [0.2, 0.25) is 0 Å². The first-order chi connectivity index (χ1) is 9.54. The molecule has 0 aliphatic rings. The highest BCUT2D eigenvalue weighted by atomic mass is 16.3. The van der Waals surface area contributed by atoms with Gasteiger partial charge in [-0.2, -0.15) is 5.10 Å². The SMILES string of the molecule is CCCCc1nn(C(C)C)c(-c2cccc(C)c2)c1O. The lowest BCUT2D eigenvalue weighted by atomic mass is 10.1. The van der Waals surface area contributed by atoms with Gasteiger partial charge < -0.3 is 5.11 Å². The summed E-state index contributed by atoms with van der Waals surface area (Å²) in [6.07, 6.45) is 2.99. The lowest BCUT2D eigenvalue weighted by Crippen LogP contribution is -2.05. The van der Waals surface area contributed by atoms with Crippen LogP contribution in [0.25, 0.3) is 11.3 Å². The number of benzene rings is 1. The van der Waals surface area contributed by atoms with Gasteiger partial charge in [0.05, 0.1) is 0 Å². The Morgan fingerprint density at radius 2 is 2.05 bits per heavy atom. The summed E-state index contributed by atoms with van der Waals surface area (Å²) in [6.45, 7) is 8.40. The summed E-state index contributed by atoms with van der Waals surface area (Å²) >= 11 is 0. The number of unbranched alkanes of at least 4 members (excludes halogenated alkanes) is 1. The summed E-state index contributed by atoms with van der Waals surface area (Å²) in [6, 6.07) is 8.44. The Labute approximate surface area is 121 Å². The molecule has 0 radical (unpaired) electrons. The largest absolute Gasteiger partial charge is 0.504 e. The lowest BCUT2D eigenvalue weighted by Gasteiger charge is -2.11. The third-order valence-corrected chi connectivity index (χ3v) is 3.50. The van der Waals surface area contributed by atoms with Crippen LogP contribution in [-0.2, 0) is 6.42 Å². The molecule has 20 heavy (non-hydrogen) atoms. The maximum atomic E-state index is 10.5. The van der Waals surface area contributed by atoms with Crippen LogP contribution >= 0.6 is 0 Å². The van der Waals surface area contributed by atoms with Crippen molar-refractivity contribution >= 4 is 0 Å². The van der Waals surface area contributed by atoms with Crippen molar-refractivity contribution < 1.29 is 5.11 Å². The zero-order chi connectivity index (χ0) is 14.7. The van der Waals surface area contributed by atoms with Gasteiger partial charge in [-0.3, -0.25) is 4.68 Å². The average Bonchev–Trinajstić information content (AvgIpc) is 2.74. The number of aromatic nitrogens is 2. The molecule has 2 rings (SSSR count). The second-order valence-electron chi connectivity index (χ2n) is 5.66. The number of hydrogen-bond acceptors (Lipinski definition) is 2. The van der Waals surface area contributed by atoms with E-state index < -0.39 is 0 Å². The molecule has 3 nitrogen and oxygen atoms in total. The highest BCUT2D eigenvalue weighted by molar-refractivity contribution is 5.68. The zero-order valence-electron chi connectivity index (χ0n) is 12.8. The van der Waals surface area contributed by atoms with E-state index in [1.54, 1.807) is 0 Å². The van der Waals surface area contributed by atoms with Gasteiger partial charge in [-0.15, -0.1) is 0 Å². The molecule has 1 aromatic heterocycles. The third-order valence-electron chi connectivity index (χ3n) is 3.50. The van der Waals surface area contributed by atoms with Crippen molar-refractivity contribution in [3.63, 3.8) is 0 Å². The Kier molecular flexibility index (Phi) is 4.48. The van der Waals surface area contributed by atoms with Crippen molar-refractivity contribution in [2.45, 2.75) is 53.0 Å². The maximum Gasteiger partial charge on any atom is 0.164 e. The second kappa shape index (κ2) is 6.12. The van der Waals surface area contributed by atoms with Crippen LogP contribution in [0.15, 0.2) is 24.3 Å². The fraction of sp³-hybridized carbons (Fsp3) is 0.471. The van der Waals surface area contributed by atoms with Crippen molar-refractivity contribution in [1.82, 2.24) is 9.78 Å². The van der Waals surface area contributed by atoms with Crippen LogP contribution in [0.1, 0.15) is 50.9 Å². The Morgan fingerprint density at radius 3 is 2.65 bits per heavy atom. The Morgan fingerprint density at radius 1 is 1.30 bits per heavy atom. The van der Waals surface area contributed by atoms with E-state index in [4.69, 9.17) is 0 Å². The maximum absolute atomic E-state index is 10.5. The predicted octanol–water partition coefficient (Wildman–Crippen LogP) is 4.49. The van der Waals surface area contributed by atoms with Crippen molar-refractivity contribution in [2.24, 2.45) is 0 Å². The molecule has 2 aromatic rings. The third kappa shape index (κ3) is 2.87. The van der Waals surface area contributed by atoms with E-state index in [1.165, 1.54) is 5.56 Å². The van der Waals surface area contributed by atoms with Crippen molar-refractivity contribution in [3.05, 3.63) is 35.5 Å². The molecule has 0 atom stereocenters. The smallest absolute Gasteiger partial charge is 0.164 e. The molecule has 108 valence electrons. The van der Waals surface area contributed by atoms with E-state index in [0.29, 0.717) is 5.75 Å². The quantitative estimate of drug-likeness (QED) is 0.871. The van der Waals surface area contributed by atoms with Crippen LogP contribution in [-0.4, -0.2) is 14.9 Å². The number of nitrogens with zero attached hydrogens (tertiary/aromatic N) is 2. The summed E-state index contributed by atoms with van der Waals surface area (Å²) in [5, 5.41) is 15.2. The van der Waals surface area contributed by atoms with E-state index in [9.17, 15) is 5.11 Å². The molecule has 0 spiro atoms. The van der Waals surface area contributed by atoms with Gasteiger partial charge in [-0.25, -0.2) is 0 Å². The molecule has 0 bridgehead atoms. The summed E-state index contributed by atoms with van der Waals surface area (Å²) in [5.74, 6) is 0.345. The fourth-order valence-corrected chi connectivity index (χ4v) is 2.42. The Balaban J connectivity index is 2.52. The Hall–Kier alpha value is -1.77.